The van der Waals surface area contributed by atoms with Crippen LogP contribution < -0.4 is 10.2 Å². The molecule has 0 aliphatic rings. The lowest BCUT2D eigenvalue weighted by Gasteiger charge is -2.21. The highest BCUT2D eigenvalue weighted by molar-refractivity contribution is 5.94. The molecule has 1 aromatic heterocycles. The Kier molecular flexibility index (Phi) is 6.78. The van der Waals surface area contributed by atoms with Crippen LogP contribution >= 0.6 is 0 Å². The summed E-state index contributed by atoms with van der Waals surface area (Å²) in [6.07, 6.45) is 5.47. The lowest BCUT2D eigenvalue weighted by atomic mass is 10.1. The van der Waals surface area contributed by atoms with Crippen LogP contribution in [0.3, 0.4) is 0 Å². The second-order valence-electron chi connectivity index (χ2n) is 6.88. The predicted octanol–water partition coefficient (Wildman–Crippen LogP) is 3.69. The van der Waals surface area contributed by atoms with E-state index in [0.29, 0.717) is 12.1 Å². The van der Waals surface area contributed by atoms with Gasteiger partial charge in [0.1, 0.15) is 12.7 Å². The molecule has 1 amide bonds. The summed E-state index contributed by atoms with van der Waals surface area (Å²) in [5.41, 5.74) is 2.79. The summed E-state index contributed by atoms with van der Waals surface area (Å²) in [4.78, 5) is 19.0. The number of hydrogen-bond acceptors (Lipinski definition) is 4. The summed E-state index contributed by atoms with van der Waals surface area (Å²) < 4.78 is 1.73. The molecule has 1 unspecified atom stereocenters. The van der Waals surface area contributed by atoms with E-state index in [0.717, 1.165) is 30.6 Å². The van der Waals surface area contributed by atoms with Crippen LogP contribution in [0.4, 0.5) is 5.69 Å². The Morgan fingerprint density at radius 1 is 1.14 bits per heavy atom. The molecule has 28 heavy (non-hydrogen) atoms. The van der Waals surface area contributed by atoms with E-state index in [1.54, 1.807) is 11.0 Å². The Hall–Kier alpha value is -3.15. The monoisotopic (exact) mass is 377 g/mol. The van der Waals surface area contributed by atoms with Crippen LogP contribution in [0, 0.1) is 0 Å². The fraction of sp³-hybridized carbons (Fsp3) is 0.318. The molecule has 0 aliphatic carbocycles. The van der Waals surface area contributed by atoms with Gasteiger partial charge in [-0.05, 0) is 36.2 Å². The first-order valence-electron chi connectivity index (χ1n) is 9.66. The number of rotatable bonds is 9. The van der Waals surface area contributed by atoms with Gasteiger partial charge >= 0.3 is 0 Å². The van der Waals surface area contributed by atoms with Gasteiger partial charge in [-0.25, -0.2) is 4.98 Å². The Balaban J connectivity index is 1.71. The molecule has 6 nitrogen and oxygen atoms in total. The smallest absolute Gasteiger partial charge is 0.251 e. The first kappa shape index (κ1) is 19.6. The second-order valence-corrected chi connectivity index (χ2v) is 6.88. The first-order chi connectivity index (χ1) is 13.7. The van der Waals surface area contributed by atoms with E-state index in [1.807, 2.05) is 54.6 Å². The van der Waals surface area contributed by atoms with E-state index in [9.17, 15) is 4.79 Å². The van der Waals surface area contributed by atoms with E-state index in [2.05, 4.69) is 34.3 Å². The molecule has 0 saturated heterocycles. The summed E-state index contributed by atoms with van der Waals surface area (Å²) >= 11 is 0. The van der Waals surface area contributed by atoms with E-state index >= 15 is 0 Å². The van der Waals surface area contributed by atoms with Gasteiger partial charge in [0.25, 0.3) is 5.91 Å². The van der Waals surface area contributed by atoms with E-state index in [4.69, 9.17) is 0 Å². The van der Waals surface area contributed by atoms with Gasteiger partial charge in [0.05, 0.1) is 12.6 Å². The maximum atomic E-state index is 12.8. The van der Waals surface area contributed by atoms with Crippen molar-refractivity contribution in [1.29, 1.82) is 0 Å². The number of unbranched alkanes of at least 4 members (excludes halogenated alkanes) is 1. The molecule has 3 rings (SSSR count). The van der Waals surface area contributed by atoms with Crippen LogP contribution in [-0.4, -0.2) is 34.3 Å². The summed E-state index contributed by atoms with van der Waals surface area (Å²) in [5, 5.41) is 7.30. The standard InChI is InChI=1S/C22H27N5O/c1-3-4-14-26(2)20-12-10-19(11-13-20)22(28)25-21(15-27-17-23-16-24-27)18-8-6-5-7-9-18/h5-13,16-17,21H,3-4,14-15H2,1-2H3,(H,25,28). The third kappa shape index (κ3) is 5.19. The van der Waals surface area contributed by atoms with Crippen LogP contribution in [0.2, 0.25) is 0 Å². The average molecular weight is 377 g/mol. The zero-order valence-electron chi connectivity index (χ0n) is 16.5. The first-order valence-corrected chi connectivity index (χ1v) is 9.66. The molecule has 0 aliphatic heterocycles. The van der Waals surface area contributed by atoms with Crippen molar-refractivity contribution in [3.8, 4) is 0 Å². The van der Waals surface area contributed by atoms with Crippen molar-refractivity contribution >= 4 is 11.6 Å². The van der Waals surface area contributed by atoms with Crippen molar-refractivity contribution in [1.82, 2.24) is 20.1 Å². The van der Waals surface area contributed by atoms with Crippen molar-refractivity contribution in [3.05, 3.63) is 78.4 Å². The minimum absolute atomic E-state index is 0.100. The van der Waals surface area contributed by atoms with Gasteiger partial charge in [0.15, 0.2) is 0 Å². The quantitative estimate of drug-likeness (QED) is 0.618. The molecule has 1 heterocycles. The number of carbonyl (C=O) groups is 1. The number of nitrogens with zero attached hydrogens (tertiary/aromatic N) is 4. The zero-order chi connectivity index (χ0) is 19.8. The summed E-state index contributed by atoms with van der Waals surface area (Å²) in [5.74, 6) is -0.100. The zero-order valence-corrected chi connectivity index (χ0v) is 16.5. The SMILES string of the molecule is CCCCN(C)c1ccc(C(=O)NC(Cn2cncn2)c2ccccc2)cc1. The number of amides is 1. The van der Waals surface area contributed by atoms with Gasteiger partial charge in [0, 0.05) is 24.8 Å². The van der Waals surface area contributed by atoms with Crippen LogP contribution in [0.1, 0.15) is 41.7 Å². The summed E-state index contributed by atoms with van der Waals surface area (Å²) in [6, 6.07) is 17.5. The highest BCUT2D eigenvalue weighted by Crippen LogP contribution is 2.18. The molecule has 0 bridgehead atoms. The Morgan fingerprint density at radius 2 is 1.89 bits per heavy atom. The second kappa shape index (κ2) is 9.69. The summed E-state index contributed by atoms with van der Waals surface area (Å²) in [7, 11) is 2.08. The fourth-order valence-corrected chi connectivity index (χ4v) is 3.07. The molecular weight excluding hydrogens is 350 g/mol. The van der Waals surface area contributed by atoms with Gasteiger partial charge in [-0.2, -0.15) is 5.10 Å². The molecular formula is C22H27N5O. The maximum Gasteiger partial charge on any atom is 0.251 e. The Labute approximate surface area is 166 Å². The van der Waals surface area contributed by atoms with Crippen molar-refractivity contribution in [2.75, 3.05) is 18.5 Å². The molecule has 0 spiro atoms. The van der Waals surface area contributed by atoms with E-state index in [1.165, 1.54) is 6.33 Å². The molecule has 1 atom stereocenters. The topological polar surface area (TPSA) is 63.1 Å². The van der Waals surface area contributed by atoms with Gasteiger partial charge in [0.2, 0.25) is 0 Å². The van der Waals surface area contributed by atoms with Crippen molar-refractivity contribution < 1.29 is 4.79 Å². The van der Waals surface area contributed by atoms with Crippen molar-refractivity contribution in [3.63, 3.8) is 0 Å². The Bertz CT molecular complexity index is 846. The number of nitrogens with one attached hydrogen (secondary N) is 1. The number of hydrogen-bond donors (Lipinski definition) is 1. The molecule has 0 radical (unpaired) electrons. The normalized spacial score (nSPS) is 11.8. The predicted molar refractivity (Wildman–Crippen MR) is 111 cm³/mol. The van der Waals surface area contributed by atoms with Crippen molar-refractivity contribution in [2.24, 2.45) is 0 Å². The molecule has 6 heteroatoms. The van der Waals surface area contributed by atoms with Crippen molar-refractivity contribution in [2.45, 2.75) is 32.4 Å². The number of aromatic nitrogens is 3. The van der Waals surface area contributed by atoms with Gasteiger partial charge in [-0.3, -0.25) is 9.48 Å². The van der Waals surface area contributed by atoms with Crippen LogP contribution in [0.15, 0.2) is 67.3 Å². The fourth-order valence-electron chi connectivity index (χ4n) is 3.07. The molecule has 146 valence electrons. The molecule has 1 N–H and O–H groups in total. The number of carbonyl (C=O) groups excluding carboxylic acids is 1. The Morgan fingerprint density at radius 3 is 2.54 bits per heavy atom. The van der Waals surface area contributed by atoms with Gasteiger partial charge < -0.3 is 10.2 Å². The van der Waals surface area contributed by atoms with Gasteiger partial charge in [-0.1, -0.05) is 43.7 Å². The van der Waals surface area contributed by atoms with Crippen LogP contribution in [-0.2, 0) is 6.54 Å². The minimum Gasteiger partial charge on any atom is -0.375 e. The number of benzene rings is 2. The highest BCUT2D eigenvalue weighted by atomic mass is 16.1. The van der Waals surface area contributed by atoms with Crippen LogP contribution in [0.5, 0.6) is 0 Å². The minimum atomic E-state index is -0.192. The lowest BCUT2D eigenvalue weighted by Crippen LogP contribution is -2.31. The molecule has 3 aromatic rings. The molecule has 0 fully saturated rings. The highest BCUT2D eigenvalue weighted by Gasteiger charge is 2.17. The van der Waals surface area contributed by atoms with Crippen LogP contribution in [0.25, 0.3) is 0 Å². The largest absolute Gasteiger partial charge is 0.375 e. The van der Waals surface area contributed by atoms with E-state index in [-0.39, 0.29) is 11.9 Å². The third-order valence-electron chi connectivity index (χ3n) is 4.76. The molecule has 0 saturated carbocycles. The average Bonchev–Trinajstić information content (AvgIpc) is 3.25. The van der Waals surface area contributed by atoms with Gasteiger partial charge in [-0.15, -0.1) is 0 Å². The number of anilines is 1. The third-order valence-corrected chi connectivity index (χ3v) is 4.76. The molecule has 2 aromatic carbocycles. The lowest BCUT2D eigenvalue weighted by molar-refractivity contribution is 0.0932. The van der Waals surface area contributed by atoms with E-state index < -0.39 is 0 Å². The maximum absolute atomic E-state index is 12.8. The summed E-state index contributed by atoms with van der Waals surface area (Å²) in [6.45, 7) is 3.72.